The first-order valence-electron chi connectivity index (χ1n) is 6.62. The summed E-state index contributed by atoms with van der Waals surface area (Å²) in [5, 5.41) is 11.0. The van der Waals surface area contributed by atoms with Crippen LogP contribution in [0.1, 0.15) is 27.3 Å². The number of carbonyl (C=O) groups excluding carboxylic acids is 1. The summed E-state index contributed by atoms with van der Waals surface area (Å²) in [6.07, 6.45) is 0.212. The Morgan fingerprint density at radius 2 is 2.27 bits per heavy atom. The minimum absolute atomic E-state index is 0.212. The Balaban J connectivity index is 2.22. The van der Waals surface area contributed by atoms with Crippen LogP contribution in [0.15, 0.2) is 29.1 Å². The lowest BCUT2D eigenvalue weighted by Gasteiger charge is -2.06. The normalized spacial score (nSPS) is 10.2. The van der Waals surface area contributed by atoms with E-state index >= 15 is 0 Å². The van der Waals surface area contributed by atoms with Gasteiger partial charge in [-0.2, -0.15) is 5.26 Å². The first kappa shape index (κ1) is 15.9. The highest BCUT2D eigenvalue weighted by Crippen LogP contribution is 2.14. The van der Waals surface area contributed by atoms with Crippen molar-refractivity contribution in [1.29, 1.82) is 5.26 Å². The Bertz CT molecular complexity index is 789. The Hall–Kier alpha value is -2.46. The number of aromatic nitrogens is 1. The molecule has 0 saturated heterocycles. The summed E-state index contributed by atoms with van der Waals surface area (Å²) in [7, 11) is 0. The number of thiazole rings is 1. The Morgan fingerprint density at radius 3 is 2.95 bits per heavy atom. The van der Waals surface area contributed by atoms with Crippen LogP contribution in [0.25, 0.3) is 0 Å². The number of hydrogen-bond donors (Lipinski definition) is 1. The maximum Gasteiger partial charge on any atom is 0.308 e. The highest BCUT2D eigenvalue weighted by Gasteiger charge is 2.17. The minimum Gasteiger partial charge on any atom is -0.350 e. The fraction of sp³-hybridized carbons (Fsp3) is 0.267. The monoisotopic (exact) mass is 319 g/mol. The van der Waals surface area contributed by atoms with Crippen LogP contribution in [-0.2, 0) is 6.54 Å². The van der Waals surface area contributed by atoms with Crippen LogP contribution in [0.3, 0.4) is 0 Å². The molecule has 0 atom stereocenters. The van der Waals surface area contributed by atoms with Crippen LogP contribution >= 0.6 is 11.3 Å². The molecular weight excluding hydrogens is 305 g/mol. The number of carbonyl (C=O) groups is 1. The average Bonchev–Trinajstić information content (AvgIpc) is 2.76. The molecule has 0 aliphatic heterocycles. The van der Waals surface area contributed by atoms with Gasteiger partial charge in [-0.05, 0) is 24.6 Å². The van der Waals surface area contributed by atoms with Crippen molar-refractivity contribution in [3.8, 4) is 6.07 Å². The molecule has 0 saturated carbocycles. The molecule has 1 N–H and O–H groups in total. The number of hydrogen-bond acceptors (Lipinski definition) is 4. The van der Waals surface area contributed by atoms with E-state index in [2.05, 4.69) is 5.32 Å². The fourth-order valence-corrected chi connectivity index (χ4v) is 2.91. The van der Waals surface area contributed by atoms with Gasteiger partial charge in [-0.25, -0.2) is 4.39 Å². The molecule has 2 rings (SSSR count). The maximum atomic E-state index is 13.2. The lowest BCUT2D eigenvalue weighted by Crippen LogP contribution is -2.24. The fourth-order valence-electron chi connectivity index (χ4n) is 2.00. The second-order valence-corrected chi connectivity index (χ2v) is 5.62. The van der Waals surface area contributed by atoms with E-state index in [4.69, 9.17) is 5.26 Å². The summed E-state index contributed by atoms with van der Waals surface area (Å²) < 4.78 is 14.6. The van der Waals surface area contributed by atoms with E-state index in [0.29, 0.717) is 16.1 Å². The molecule has 1 aromatic heterocycles. The molecule has 1 amide bonds. The second-order valence-electron chi connectivity index (χ2n) is 4.66. The highest BCUT2D eigenvalue weighted by molar-refractivity contribution is 7.11. The van der Waals surface area contributed by atoms with Crippen LogP contribution in [0.2, 0.25) is 0 Å². The van der Waals surface area contributed by atoms with Gasteiger partial charge in [0.25, 0.3) is 5.91 Å². The highest BCUT2D eigenvalue weighted by atomic mass is 32.1. The van der Waals surface area contributed by atoms with Crippen molar-refractivity contribution < 1.29 is 9.18 Å². The van der Waals surface area contributed by atoms with Crippen LogP contribution in [0, 0.1) is 24.1 Å². The van der Waals surface area contributed by atoms with Gasteiger partial charge >= 0.3 is 4.87 Å². The number of rotatable bonds is 5. The summed E-state index contributed by atoms with van der Waals surface area (Å²) in [6.45, 7) is 2.13. The quantitative estimate of drug-likeness (QED) is 0.857. The molecule has 114 valence electrons. The van der Waals surface area contributed by atoms with Crippen LogP contribution < -0.4 is 10.2 Å². The van der Waals surface area contributed by atoms with Crippen molar-refractivity contribution in [2.75, 3.05) is 6.54 Å². The number of nitrogens with zero attached hydrogens (tertiary/aromatic N) is 2. The van der Waals surface area contributed by atoms with Gasteiger partial charge < -0.3 is 5.32 Å². The number of halogens is 1. The lowest BCUT2D eigenvalue weighted by molar-refractivity contribution is 0.0957. The van der Waals surface area contributed by atoms with Gasteiger partial charge in [-0.15, -0.1) is 0 Å². The zero-order valence-corrected chi connectivity index (χ0v) is 12.7. The van der Waals surface area contributed by atoms with Crippen LogP contribution in [-0.4, -0.2) is 17.0 Å². The Morgan fingerprint density at radius 1 is 1.50 bits per heavy atom. The zero-order chi connectivity index (χ0) is 16.1. The molecule has 5 nitrogen and oxygen atoms in total. The first-order chi connectivity index (χ1) is 10.5. The molecule has 0 radical (unpaired) electrons. The van der Waals surface area contributed by atoms with Crippen molar-refractivity contribution in [1.82, 2.24) is 9.88 Å². The summed E-state index contributed by atoms with van der Waals surface area (Å²) >= 11 is 0.849. The van der Waals surface area contributed by atoms with Gasteiger partial charge in [0.2, 0.25) is 0 Å². The predicted molar refractivity (Wildman–Crippen MR) is 81.4 cm³/mol. The molecule has 0 unspecified atom stereocenters. The summed E-state index contributed by atoms with van der Waals surface area (Å²) in [5.41, 5.74) is 1.19. The summed E-state index contributed by atoms with van der Waals surface area (Å²) in [4.78, 5) is 24.1. The molecule has 1 aromatic carbocycles. The molecule has 1 heterocycles. The van der Waals surface area contributed by atoms with E-state index < -0.39 is 0 Å². The van der Waals surface area contributed by atoms with Gasteiger partial charge in [0.15, 0.2) is 0 Å². The SMILES string of the molecule is Cc1c(C(=O)NCCC#N)sc(=O)n1Cc1cccc(F)c1. The second kappa shape index (κ2) is 7.00. The molecule has 7 heteroatoms. The third kappa shape index (κ3) is 3.59. The van der Waals surface area contributed by atoms with Gasteiger partial charge in [-0.1, -0.05) is 23.5 Å². The molecule has 2 aromatic rings. The van der Waals surface area contributed by atoms with Crippen molar-refractivity contribution in [3.63, 3.8) is 0 Å². The third-order valence-corrected chi connectivity index (χ3v) is 4.18. The average molecular weight is 319 g/mol. The standard InChI is InChI=1S/C15H14FN3O2S/c1-10-13(14(20)18-7-3-6-17)22-15(21)19(10)9-11-4-2-5-12(16)8-11/h2,4-5,8H,3,7,9H2,1H3,(H,18,20). The molecule has 22 heavy (non-hydrogen) atoms. The maximum absolute atomic E-state index is 13.2. The lowest BCUT2D eigenvalue weighted by atomic mass is 10.2. The van der Waals surface area contributed by atoms with E-state index in [1.165, 1.54) is 16.7 Å². The Kier molecular flexibility index (Phi) is 5.07. The molecular formula is C15H14FN3O2S. The molecule has 0 aliphatic rings. The first-order valence-corrected chi connectivity index (χ1v) is 7.44. The summed E-state index contributed by atoms with van der Waals surface area (Å²) in [6, 6.07) is 7.92. The van der Waals surface area contributed by atoms with Crippen molar-refractivity contribution in [2.24, 2.45) is 0 Å². The van der Waals surface area contributed by atoms with Gasteiger partial charge in [-0.3, -0.25) is 14.2 Å². The number of nitrogens with one attached hydrogen (secondary N) is 1. The predicted octanol–water partition coefficient (Wildman–Crippen LogP) is 2.05. The zero-order valence-electron chi connectivity index (χ0n) is 11.9. The van der Waals surface area contributed by atoms with Crippen molar-refractivity contribution >= 4 is 17.2 Å². The largest absolute Gasteiger partial charge is 0.350 e. The van der Waals surface area contributed by atoms with E-state index in [9.17, 15) is 14.0 Å². The Labute approximate surface area is 130 Å². The topological polar surface area (TPSA) is 74.9 Å². The number of nitriles is 1. The molecule has 0 fully saturated rings. The van der Waals surface area contributed by atoms with Crippen LogP contribution in [0.4, 0.5) is 4.39 Å². The smallest absolute Gasteiger partial charge is 0.308 e. The van der Waals surface area contributed by atoms with Gasteiger partial charge in [0.1, 0.15) is 10.7 Å². The molecule has 0 aliphatic carbocycles. The minimum atomic E-state index is -0.368. The van der Waals surface area contributed by atoms with Gasteiger partial charge in [0.05, 0.1) is 19.0 Å². The van der Waals surface area contributed by atoms with Crippen molar-refractivity contribution in [2.45, 2.75) is 19.9 Å². The van der Waals surface area contributed by atoms with Gasteiger partial charge in [0, 0.05) is 12.2 Å². The van der Waals surface area contributed by atoms with E-state index in [1.807, 2.05) is 6.07 Å². The molecule has 0 spiro atoms. The van der Waals surface area contributed by atoms with E-state index in [0.717, 1.165) is 11.3 Å². The summed E-state index contributed by atoms with van der Waals surface area (Å²) in [5.74, 6) is -0.735. The molecule has 0 bridgehead atoms. The van der Waals surface area contributed by atoms with Crippen LogP contribution in [0.5, 0.6) is 0 Å². The van der Waals surface area contributed by atoms with E-state index in [1.54, 1.807) is 19.1 Å². The number of benzene rings is 1. The number of amides is 1. The van der Waals surface area contributed by atoms with E-state index in [-0.39, 0.29) is 36.1 Å². The van der Waals surface area contributed by atoms with Crippen molar-refractivity contribution in [3.05, 3.63) is 55.9 Å². The third-order valence-electron chi connectivity index (χ3n) is 3.10.